The van der Waals surface area contributed by atoms with Crippen LogP contribution in [0.1, 0.15) is 6.42 Å². The van der Waals surface area contributed by atoms with Gasteiger partial charge in [0, 0.05) is 13.1 Å². The van der Waals surface area contributed by atoms with Crippen molar-refractivity contribution in [1.82, 2.24) is 10.6 Å². The Morgan fingerprint density at radius 3 is 3.10 bits per heavy atom. The van der Waals surface area contributed by atoms with Crippen molar-refractivity contribution in [2.45, 2.75) is 6.42 Å². The first-order chi connectivity index (χ1) is 4.84. The molecular formula is C8H16N2. The first-order valence-corrected chi connectivity index (χ1v) is 3.87. The maximum Gasteiger partial charge on any atom is 0.0162 e. The van der Waals surface area contributed by atoms with Crippen molar-refractivity contribution in [3.63, 3.8) is 0 Å². The summed E-state index contributed by atoms with van der Waals surface area (Å²) in [5.41, 5.74) is 1.34. The minimum atomic E-state index is 0.715. The zero-order chi connectivity index (χ0) is 7.40. The van der Waals surface area contributed by atoms with Gasteiger partial charge in [0.2, 0.25) is 0 Å². The van der Waals surface area contributed by atoms with Gasteiger partial charge in [0.15, 0.2) is 0 Å². The van der Waals surface area contributed by atoms with Gasteiger partial charge in [0.25, 0.3) is 0 Å². The van der Waals surface area contributed by atoms with Crippen LogP contribution in [0, 0.1) is 5.92 Å². The van der Waals surface area contributed by atoms with Crippen LogP contribution in [0.5, 0.6) is 0 Å². The predicted molar refractivity (Wildman–Crippen MR) is 44.0 cm³/mol. The van der Waals surface area contributed by atoms with Crippen LogP contribution in [0.25, 0.3) is 0 Å². The normalized spacial score (nSPS) is 25.1. The van der Waals surface area contributed by atoms with E-state index in [1.165, 1.54) is 12.0 Å². The quantitative estimate of drug-likeness (QED) is 0.553. The highest BCUT2D eigenvalue weighted by molar-refractivity contribution is 5.05. The molecule has 1 fully saturated rings. The Bertz CT molecular complexity index is 114. The molecule has 1 rings (SSSR count). The van der Waals surface area contributed by atoms with Gasteiger partial charge in [-0.05, 0) is 25.9 Å². The van der Waals surface area contributed by atoms with Crippen LogP contribution in [-0.2, 0) is 0 Å². The number of likely N-dealkylation sites (N-methyl/N-ethyl adjacent to an activating group) is 1. The van der Waals surface area contributed by atoms with E-state index in [2.05, 4.69) is 17.2 Å². The molecule has 1 unspecified atom stereocenters. The van der Waals surface area contributed by atoms with Crippen LogP contribution in [0.15, 0.2) is 12.2 Å². The zero-order valence-corrected chi connectivity index (χ0v) is 6.61. The summed E-state index contributed by atoms with van der Waals surface area (Å²) in [5, 5.41) is 6.44. The van der Waals surface area contributed by atoms with Gasteiger partial charge in [-0.15, -0.1) is 0 Å². The van der Waals surface area contributed by atoms with E-state index in [0.717, 1.165) is 19.6 Å². The lowest BCUT2D eigenvalue weighted by Crippen LogP contribution is -2.18. The number of rotatable bonds is 3. The lowest BCUT2D eigenvalue weighted by Gasteiger charge is -2.10. The van der Waals surface area contributed by atoms with Gasteiger partial charge >= 0.3 is 0 Å². The number of nitrogens with one attached hydrogen (secondary N) is 2. The molecule has 1 aliphatic rings. The molecule has 2 heteroatoms. The average Bonchev–Trinajstić information content (AvgIpc) is 2.38. The van der Waals surface area contributed by atoms with E-state index in [1.807, 2.05) is 7.05 Å². The number of hydrogen-bond donors (Lipinski definition) is 2. The van der Waals surface area contributed by atoms with Gasteiger partial charge in [0.05, 0.1) is 0 Å². The van der Waals surface area contributed by atoms with E-state index in [0.29, 0.717) is 5.92 Å². The summed E-state index contributed by atoms with van der Waals surface area (Å²) in [6, 6.07) is 0. The first kappa shape index (κ1) is 7.76. The van der Waals surface area contributed by atoms with Gasteiger partial charge < -0.3 is 10.6 Å². The van der Waals surface area contributed by atoms with Crippen molar-refractivity contribution < 1.29 is 0 Å². The highest BCUT2D eigenvalue weighted by atomic mass is 14.9. The third-order valence-electron chi connectivity index (χ3n) is 2.04. The van der Waals surface area contributed by atoms with E-state index < -0.39 is 0 Å². The van der Waals surface area contributed by atoms with Crippen molar-refractivity contribution in [2.75, 3.05) is 26.7 Å². The first-order valence-electron chi connectivity index (χ1n) is 3.87. The molecule has 1 atom stereocenters. The summed E-state index contributed by atoms with van der Waals surface area (Å²) in [6.45, 7) is 7.27. The van der Waals surface area contributed by atoms with Crippen LogP contribution in [0.2, 0.25) is 0 Å². The molecule has 0 spiro atoms. The van der Waals surface area contributed by atoms with Gasteiger partial charge in [-0.25, -0.2) is 0 Å². The van der Waals surface area contributed by atoms with Gasteiger partial charge in [-0.1, -0.05) is 12.2 Å². The fourth-order valence-electron chi connectivity index (χ4n) is 1.37. The van der Waals surface area contributed by atoms with Gasteiger partial charge in [0.1, 0.15) is 0 Å². The molecule has 10 heavy (non-hydrogen) atoms. The second-order valence-electron chi connectivity index (χ2n) is 2.88. The third kappa shape index (κ3) is 1.82. The Hall–Kier alpha value is -0.340. The van der Waals surface area contributed by atoms with E-state index >= 15 is 0 Å². The molecule has 2 nitrogen and oxygen atoms in total. The second kappa shape index (κ2) is 3.74. The van der Waals surface area contributed by atoms with Crippen LogP contribution in [0.3, 0.4) is 0 Å². The molecular weight excluding hydrogens is 124 g/mol. The molecule has 0 saturated carbocycles. The molecule has 1 heterocycles. The standard InChI is InChI=1S/C8H16N2/c1-7(5-9-2)8-3-4-10-6-8/h8-10H,1,3-6H2,2H3. The van der Waals surface area contributed by atoms with Crippen LogP contribution in [-0.4, -0.2) is 26.7 Å². The van der Waals surface area contributed by atoms with E-state index in [1.54, 1.807) is 0 Å². The summed E-state index contributed by atoms with van der Waals surface area (Å²) >= 11 is 0. The molecule has 0 bridgehead atoms. The van der Waals surface area contributed by atoms with Gasteiger partial charge in [-0.2, -0.15) is 0 Å². The predicted octanol–water partition coefficient (Wildman–Crippen LogP) is 0.371. The summed E-state index contributed by atoms with van der Waals surface area (Å²) < 4.78 is 0. The Kier molecular flexibility index (Phi) is 2.90. The molecule has 1 aliphatic heterocycles. The van der Waals surface area contributed by atoms with Crippen molar-refractivity contribution in [3.8, 4) is 0 Å². The molecule has 0 aromatic heterocycles. The minimum absolute atomic E-state index is 0.715. The third-order valence-corrected chi connectivity index (χ3v) is 2.04. The molecule has 2 N–H and O–H groups in total. The summed E-state index contributed by atoms with van der Waals surface area (Å²) in [6.07, 6.45) is 1.26. The number of hydrogen-bond acceptors (Lipinski definition) is 2. The fourth-order valence-corrected chi connectivity index (χ4v) is 1.37. The maximum absolute atomic E-state index is 4.02. The van der Waals surface area contributed by atoms with Crippen LogP contribution >= 0.6 is 0 Å². The maximum atomic E-state index is 4.02. The molecule has 0 aliphatic carbocycles. The fraction of sp³-hybridized carbons (Fsp3) is 0.750. The van der Waals surface area contributed by atoms with Crippen molar-refractivity contribution in [2.24, 2.45) is 5.92 Å². The summed E-state index contributed by atoms with van der Waals surface area (Å²) in [4.78, 5) is 0. The molecule has 0 amide bonds. The highest BCUT2D eigenvalue weighted by Gasteiger charge is 2.16. The smallest absolute Gasteiger partial charge is 0.0162 e. The van der Waals surface area contributed by atoms with Crippen molar-refractivity contribution >= 4 is 0 Å². The molecule has 0 radical (unpaired) electrons. The molecule has 0 aromatic carbocycles. The van der Waals surface area contributed by atoms with E-state index in [4.69, 9.17) is 0 Å². The lowest BCUT2D eigenvalue weighted by atomic mass is 10.0. The molecule has 1 saturated heterocycles. The Balaban J connectivity index is 2.25. The van der Waals surface area contributed by atoms with E-state index in [9.17, 15) is 0 Å². The Morgan fingerprint density at radius 2 is 2.60 bits per heavy atom. The van der Waals surface area contributed by atoms with E-state index in [-0.39, 0.29) is 0 Å². The Morgan fingerprint density at radius 1 is 1.80 bits per heavy atom. The monoisotopic (exact) mass is 140 g/mol. The SMILES string of the molecule is C=C(CNC)C1CCNC1. The van der Waals surface area contributed by atoms with Crippen molar-refractivity contribution in [1.29, 1.82) is 0 Å². The second-order valence-corrected chi connectivity index (χ2v) is 2.88. The minimum Gasteiger partial charge on any atom is -0.316 e. The topological polar surface area (TPSA) is 24.1 Å². The molecule has 0 aromatic rings. The van der Waals surface area contributed by atoms with Gasteiger partial charge in [-0.3, -0.25) is 0 Å². The summed E-state index contributed by atoms with van der Waals surface area (Å²) in [5.74, 6) is 0.715. The average molecular weight is 140 g/mol. The Labute approximate surface area is 62.7 Å². The highest BCUT2D eigenvalue weighted by Crippen LogP contribution is 2.15. The van der Waals surface area contributed by atoms with Crippen molar-refractivity contribution in [3.05, 3.63) is 12.2 Å². The van der Waals surface area contributed by atoms with Crippen LogP contribution < -0.4 is 10.6 Å². The zero-order valence-electron chi connectivity index (χ0n) is 6.61. The lowest BCUT2D eigenvalue weighted by molar-refractivity contribution is 0.647. The summed E-state index contributed by atoms with van der Waals surface area (Å²) in [7, 11) is 1.97. The largest absolute Gasteiger partial charge is 0.316 e. The molecule has 58 valence electrons. The van der Waals surface area contributed by atoms with Crippen LogP contribution in [0.4, 0.5) is 0 Å².